The molecule has 0 saturated heterocycles. The van der Waals surface area contributed by atoms with E-state index in [9.17, 15) is 18.0 Å². The van der Waals surface area contributed by atoms with Crippen LogP contribution in [0.1, 0.15) is 5.56 Å². The zero-order valence-electron chi connectivity index (χ0n) is 16.1. The van der Waals surface area contributed by atoms with Crippen molar-refractivity contribution in [3.8, 4) is 0 Å². The minimum atomic E-state index is -3.75. The highest BCUT2D eigenvalue weighted by molar-refractivity contribution is 8.13. The predicted molar refractivity (Wildman–Crippen MR) is 113 cm³/mol. The van der Waals surface area contributed by atoms with Crippen LogP contribution in [0.15, 0.2) is 62.7 Å². The molecular weight excluding hydrogens is 412 g/mol. The monoisotopic (exact) mass is 432 g/mol. The van der Waals surface area contributed by atoms with Crippen molar-refractivity contribution < 1.29 is 18.0 Å². The van der Waals surface area contributed by atoms with Gasteiger partial charge in [0.15, 0.2) is 5.84 Å². The zero-order chi connectivity index (χ0) is 21.2. The van der Waals surface area contributed by atoms with E-state index in [0.29, 0.717) is 16.1 Å². The fourth-order valence-corrected chi connectivity index (χ4v) is 4.69. The average Bonchev–Trinajstić information content (AvgIpc) is 2.95. The van der Waals surface area contributed by atoms with Crippen LogP contribution in [0, 0.1) is 0 Å². The molecule has 10 heteroatoms. The molecule has 0 bridgehead atoms. The minimum Gasteiger partial charge on any atom is -0.349 e. The lowest BCUT2D eigenvalue weighted by Crippen LogP contribution is -2.35. The molecule has 152 valence electrons. The number of anilines is 1. The highest BCUT2D eigenvalue weighted by Crippen LogP contribution is 2.29. The van der Waals surface area contributed by atoms with E-state index >= 15 is 0 Å². The summed E-state index contributed by atoms with van der Waals surface area (Å²) in [6, 6.07) is 13.5. The van der Waals surface area contributed by atoms with Crippen LogP contribution in [0.4, 0.5) is 10.5 Å². The number of rotatable bonds is 4. The minimum absolute atomic E-state index is 0.108. The first-order valence-corrected chi connectivity index (χ1v) is 10.9. The van der Waals surface area contributed by atoms with Crippen LogP contribution in [-0.2, 0) is 14.8 Å². The average molecular weight is 433 g/mol. The van der Waals surface area contributed by atoms with Gasteiger partial charge in [0.1, 0.15) is 4.90 Å². The van der Waals surface area contributed by atoms with Gasteiger partial charge >= 0.3 is 0 Å². The first-order chi connectivity index (χ1) is 13.7. The van der Waals surface area contributed by atoms with Gasteiger partial charge in [-0.3, -0.25) is 9.59 Å². The molecule has 2 aromatic rings. The van der Waals surface area contributed by atoms with Crippen molar-refractivity contribution in [2.24, 2.45) is 4.40 Å². The Morgan fingerprint density at radius 3 is 2.41 bits per heavy atom. The third-order valence-electron chi connectivity index (χ3n) is 4.08. The Morgan fingerprint density at radius 1 is 1.03 bits per heavy atom. The molecule has 8 nitrogen and oxygen atoms in total. The van der Waals surface area contributed by atoms with Gasteiger partial charge in [-0.25, -0.2) is 0 Å². The quantitative estimate of drug-likeness (QED) is 0.745. The van der Waals surface area contributed by atoms with Crippen molar-refractivity contribution in [2.45, 2.75) is 9.79 Å². The highest BCUT2D eigenvalue weighted by Gasteiger charge is 2.31. The topological polar surface area (TPSA) is 99.2 Å². The SMILES string of the molecule is CN(C)C(=O)Sc1ccccc1NC(=O)CN(C)C1=NS(=O)(=O)c2ccccc21. The number of likely N-dealkylation sites (N-methyl/N-ethyl adjacent to an activating group) is 1. The summed E-state index contributed by atoms with van der Waals surface area (Å²) in [4.78, 5) is 28.2. The molecule has 29 heavy (non-hydrogen) atoms. The first kappa shape index (κ1) is 20.9. The van der Waals surface area contributed by atoms with Crippen molar-refractivity contribution in [1.29, 1.82) is 0 Å². The number of thioether (sulfide) groups is 1. The molecule has 0 spiro atoms. The molecule has 0 unspecified atom stereocenters. The van der Waals surface area contributed by atoms with E-state index in [1.54, 1.807) is 63.6 Å². The van der Waals surface area contributed by atoms with Gasteiger partial charge in [-0.2, -0.15) is 8.42 Å². The number of carbonyl (C=O) groups is 2. The molecule has 1 aliphatic rings. The van der Waals surface area contributed by atoms with E-state index in [0.717, 1.165) is 11.8 Å². The van der Waals surface area contributed by atoms with Gasteiger partial charge in [-0.1, -0.05) is 24.3 Å². The molecule has 0 aliphatic carbocycles. The lowest BCUT2D eigenvalue weighted by atomic mass is 10.2. The second-order valence-corrected chi connectivity index (χ2v) is 9.11. The van der Waals surface area contributed by atoms with Gasteiger partial charge < -0.3 is 15.1 Å². The first-order valence-electron chi connectivity index (χ1n) is 8.62. The Morgan fingerprint density at radius 2 is 1.69 bits per heavy atom. The van der Waals surface area contributed by atoms with Gasteiger partial charge in [0, 0.05) is 31.6 Å². The molecule has 2 aromatic carbocycles. The maximum Gasteiger partial charge on any atom is 0.286 e. The molecule has 0 aromatic heterocycles. The Hall–Kier alpha value is -2.85. The molecule has 0 radical (unpaired) electrons. The van der Waals surface area contributed by atoms with Crippen LogP contribution >= 0.6 is 11.8 Å². The number of fused-ring (bicyclic) bond motifs is 1. The normalized spacial score (nSPS) is 14.0. The second kappa shape index (κ2) is 8.26. The Labute approximate surface area is 173 Å². The Kier molecular flexibility index (Phi) is 5.94. The number of amidine groups is 1. The molecule has 1 heterocycles. The summed E-state index contributed by atoms with van der Waals surface area (Å²) in [5, 5.41) is 2.62. The number of nitrogens with one attached hydrogen (secondary N) is 1. The number of para-hydroxylation sites is 1. The summed E-state index contributed by atoms with van der Waals surface area (Å²) in [5.41, 5.74) is 0.975. The van der Waals surface area contributed by atoms with Crippen molar-refractivity contribution in [3.63, 3.8) is 0 Å². The molecule has 3 rings (SSSR count). The number of carbonyl (C=O) groups excluding carboxylic acids is 2. The van der Waals surface area contributed by atoms with Gasteiger partial charge in [0.2, 0.25) is 5.91 Å². The summed E-state index contributed by atoms with van der Waals surface area (Å²) in [7, 11) is 1.15. The van der Waals surface area contributed by atoms with E-state index < -0.39 is 10.0 Å². The maximum atomic E-state index is 12.6. The molecule has 0 atom stereocenters. The van der Waals surface area contributed by atoms with Crippen LogP contribution < -0.4 is 5.32 Å². The van der Waals surface area contributed by atoms with Crippen molar-refractivity contribution in [1.82, 2.24) is 9.80 Å². The van der Waals surface area contributed by atoms with E-state index in [1.807, 2.05) is 0 Å². The fourth-order valence-electron chi connectivity index (χ4n) is 2.69. The summed E-state index contributed by atoms with van der Waals surface area (Å²) >= 11 is 1.01. The number of benzene rings is 2. The molecule has 2 amide bonds. The van der Waals surface area contributed by atoms with Crippen molar-refractivity contribution in [2.75, 3.05) is 33.0 Å². The zero-order valence-corrected chi connectivity index (χ0v) is 17.8. The highest BCUT2D eigenvalue weighted by atomic mass is 32.2. The lowest BCUT2D eigenvalue weighted by molar-refractivity contribution is -0.116. The fraction of sp³-hybridized carbons (Fsp3) is 0.211. The molecule has 0 saturated carbocycles. The van der Waals surface area contributed by atoms with Crippen LogP contribution in [0.25, 0.3) is 0 Å². The largest absolute Gasteiger partial charge is 0.349 e. The number of hydrogen-bond acceptors (Lipinski definition) is 6. The third-order valence-corrected chi connectivity index (χ3v) is 6.52. The summed E-state index contributed by atoms with van der Waals surface area (Å²) in [6.07, 6.45) is 0. The van der Waals surface area contributed by atoms with Crippen LogP contribution in [0.2, 0.25) is 0 Å². The summed E-state index contributed by atoms with van der Waals surface area (Å²) in [6.45, 7) is -0.108. The molecule has 1 aliphatic heterocycles. The number of sulfonamides is 1. The van der Waals surface area contributed by atoms with E-state index in [-0.39, 0.29) is 28.4 Å². The van der Waals surface area contributed by atoms with Crippen molar-refractivity contribution >= 4 is 44.5 Å². The maximum absolute atomic E-state index is 12.6. The predicted octanol–water partition coefficient (Wildman–Crippen LogP) is 2.48. The number of amides is 2. The summed E-state index contributed by atoms with van der Waals surface area (Å²) in [5.74, 6) is -0.136. The lowest BCUT2D eigenvalue weighted by Gasteiger charge is -2.19. The van der Waals surface area contributed by atoms with Crippen LogP contribution in [0.3, 0.4) is 0 Å². The van der Waals surface area contributed by atoms with E-state index in [4.69, 9.17) is 0 Å². The number of nitrogens with zero attached hydrogens (tertiary/aromatic N) is 3. The molecule has 0 fully saturated rings. The Balaban J connectivity index is 1.74. The third kappa shape index (κ3) is 4.60. The van der Waals surface area contributed by atoms with Crippen molar-refractivity contribution in [3.05, 3.63) is 54.1 Å². The Bertz CT molecular complexity index is 1100. The van der Waals surface area contributed by atoms with Gasteiger partial charge in [0.25, 0.3) is 15.3 Å². The second-order valence-electron chi connectivity index (χ2n) is 6.55. The summed E-state index contributed by atoms with van der Waals surface area (Å²) < 4.78 is 28.2. The van der Waals surface area contributed by atoms with Gasteiger partial charge in [-0.15, -0.1) is 4.40 Å². The van der Waals surface area contributed by atoms with Crippen LogP contribution in [0.5, 0.6) is 0 Å². The van der Waals surface area contributed by atoms with E-state index in [2.05, 4.69) is 9.71 Å². The standard InChI is InChI=1S/C19H20N4O4S2/c1-22(2)19(25)28-15-10-6-5-9-14(15)20-17(24)12-23(3)18-13-8-4-7-11-16(13)29(26,27)21-18/h4-11H,12H2,1-3H3,(H,20,24). The smallest absolute Gasteiger partial charge is 0.286 e. The van der Waals surface area contributed by atoms with Gasteiger partial charge in [-0.05, 0) is 36.0 Å². The molecular formula is C19H20N4O4S2. The van der Waals surface area contributed by atoms with E-state index in [1.165, 1.54) is 15.9 Å². The van der Waals surface area contributed by atoms with Gasteiger partial charge in [0.05, 0.1) is 12.2 Å². The van der Waals surface area contributed by atoms with Crippen LogP contribution in [-0.4, -0.2) is 62.9 Å². The molecule has 1 N–H and O–H groups in total. The number of hydrogen-bond donors (Lipinski definition) is 1.